The van der Waals surface area contributed by atoms with Crippen LogP contribution in [0.5, 0.6) is 0 Å². The molecule has 3 atom stereocenters. The van der Waals surface area contributed by atoms with Gasteiger partial charge in [0.1, 0.15) is 0 Å². The molecule has 140 valence electrons. The summed E-state index contributed by atoms with van der Waals surface area (Å²) in [5.74, 6) is 0.176. The number of ether oxygens (including phenoxy) is 1. The Morgan fingerprint density at radius 3 is 2.88 bits per heavy atom. The van der Waals surface area contributed by atoms with Gasteiger partial charge < -0.3 is 9.84 Å². The number of likely N-dealkylation sites (tertiary alicyclic amines) is 1. The van der Waals surface area contributed by atoms with Crippen LogP contribution < -0.4 is 0 Å². The highest BCUT2D eigenvalue weighted by atomic mass is 16.5. The molecule has 1 aromatic carbocycles. The van der Waals surface area contributed by atoms with Gasteiger partial charge in [0.2, 0.25) is 0 Å². The molecule has 0 unspecified atom stereocenters. The zero-order valence-electron chi connectivity index (χ0n) is 15.8. The third-order valence-electron chi connectivity index (χ3n) is 6.05. The summed E-state index contributed by atoms with van der Waals surface area (Å²) in [4.78, 5) is 2.53. The number of hydrogen-bond donors (Lipinski definition) is 1. The molecule has 26 heavy (non-hydrogen) atoms. The molecule has 2 aliphatic rings. The van der Waals surface area contributed by atoms with Crippen molar-refractivity contribution in [1.82, 2.24) is 14.7 Å². The van der Waals surface area contributed by atoms with Crippen molar-refractivity contribution in [1.29, 1.82) is 0 Å². The van der Waals surface area contributed by atoms with Crippen molar-refractivity contribution >= 4 is 0 Å². The molecule has 2 fully saturated rings. The molecule has 2 saturated heterocycles. The van der Waals surface area contributed by atoms with E-state index in [1.165, 1.54) is 12.0 Å². The van der Waals surface area contributed by atoms with Gasteiger partial charge in [-0.3, -0.25) is 9.58 Å². The van der Waals surface area contributed by atoms with E-state index in [2.05, 4.69) is 35.4 Å². The highest BCUT2D eigenvalue weighted by Gasteiger charge is 2.44. The van der Waals surface area contributed by atoms with E-state index < -0.39 is 5.60 Å². The van der Waals surface area contributed by atoms with E-state index in [0.717, 1.165) is 37.2 Å². The zero-order chi connectivity index (χ0) is 18.1. The second kappa shape index (κ2) is 7.14. The van der Waals surface area contributed by atoms with Crippen molar-refractivity contribution in [3.05, 3.63) is 42.1 Å². The Morgan fingerprint density at radius 2 is 2.12 bits per heavy atom. The fourth-order valence-electron chi connectivity index (χ4n) is 4.59. The first-order valence-corrected chi connectivity index (χ1v) is 9.67. The smallest absolute Gasteiger partial charge is 0.0968 e. The standard InChI is InChI=1S/C21H29N3O2/c1-21(25)10-12-26-15-18(21)19-9-6-11-24(19)14-17-13-23(2)22-20(17)16-7-4-3-5-8-16/h3-5,7-8,13,18-19,25H,6,9-12,14-15H2,1-2H3/t18-,19+,21+/m0/s1. The van der Waals surface area contributed by atoms with E-state index >= 15 is 0 Å². The normalized spacial score (nSPS) is 30.0. The lowest BCUT2D eigenvalue weighted by atomic mass is 9.79. The quantitative estimate of drug-likeness (QED) is 0.916. The molecule has 0 aliphatic carbocycles. The third kappa shape index (κ3) is 3.43. The molecule has 3 heterocycles. The van der Waals surface area contributed by atoms with Gasteiger partial charge in [-0.05, 0) is 32.7 Å². The van der Waals surface area contributed by atoms with Crippen LogP contribution >= 0.6 is 0 Å². The molecule has 4 rings (SSSR count). The molecule has 0 bridgehead atoms. The van der Waals surface area contributed by atoms with E-state index in [1.54, 1.807) is 0 Å². The number of rotatable bonds is 4. The van der Waals surface area contributed by atoms with Gasteiger partial charge in [0.05, 0.1) is 17.9 Å². The molecule has 1 N–H and O–H groups in total. The lowest BCUT2D eigenvalue weighted by Crippen LogP contribution is -2.52. The molecule has 5 nitrogen and oxygen atoms in total. The fourth-order valence-corrected chi connectivity index (χ4v) is 4.59. The maximum atomic E-state index is 10.9. The molecule has 0 spiro atoms. The Kier molecular flexibility index (Phi) is 4.86. The molecule has 0 saturated carbocycles. The summed E-state index contributed by atoms with van der Waals surface area (Å²) in [7, 11) is 1.98. The van der Waals surface area contributed by atoms with Crippen LogP contribution in [0.1, 0.15) is 31.7 Å². The first-order valence-electron chi connectivity index (χ1n) is 9.67. The van der Waals surface area contributed by atoms with Crippen molar-refractivity contribution in [2.45, 2.75) is 44.4 Å². The van der Waals surface area contributed by atoms with Gasteiger partial charge in [-0.25, -0.2) is 0 Å². The van der Waals surface area contributed by atoms with Crippen LogP contribution in [0.2, 0.25) is 0 Å². The highest BCUT2D eigenvalue weighted by molar-refractivity contribution is 5.62. The lowest BCUT2D eigenvalue weighted by molar-refractivity contribution is -0.123. The minimum atomic E-state index is -0.636. The van der Waals surface area contributed by atoms with Gasteiger partial charge in [-0.1, -0.05) is 30.3 Å². The second-order valence-corrected chi connectivity index (χ2v) is 8.01. The SMILES string of the molecule is Cn1cc(CN2CCC[C@@H]2[C@@H]2COCC[C@@]2(C)O)c(-c2ccccc2)n1. The van der Waals surface area contributed by atoms with Gasteiger partial charge in [0.15, 0.2) is 0 Å². The molecule has 2 aliphatic heterocycles. The van der Waals surface area contributed by atoms with Crippen molar-refractivity contribution in [3.8, 4) is 11.3 Å². The minimum Gasteiger partial charge on any atom is -0.390 e. The molecule has 5 heteroatoms. The average molecular weight is 355 g/mol. The topological polar surface area (TPSA) is 50.5 Å². The molecule has 2 aromatic rings. The van der Waals surface area contributed by atoms with Gasteiger partial charge >= 0.3 is 0 Å². The Balaban J connectivity index is 1.57. The maximum absolute atomic E-state index is 10.9. The Labute approximate surface area is 155 Å². The predicted octanol–water partition coefficient (Wildman–Crippen LogP) is 2.84. The van der Waals surface area contributed by atoms with Crippen LogP contribution in [0.25, 0.3) is 11.3 Å². The maximum Gasteiger partial charge on any atom is 0.0968 e. The van der Waals surface area contributed by atoms with Crippen molar-refractivity contribution in [2.24, 2.45) is 13.0 Å². The molecule has 0 radical (unpaired) electrons. The minimum absolute atomic E-state index is 0.176. The van der Waals surface area contributed by atoms with E-state index in [4.69, 9.17) is 9.84 Å². The number of nitrogens with zero attached hydrogens (tertiary/aromatic N) is 3. The number of aromatic nitrogens is 2. The molecule has 1 aromatic heterocycles. The Morgan fingerprint density at radius 1 is 1.31 bits per heavy atom. The summed E-state index contributed by atoms with van der Waals surface area (Å²) in [5, 5.41) is 15.6. The number of benzene rings is 1. The van der Waals surface area contributed by atoms with Crippen LogP contribution in [0.3, 0.4) is 0 Å². The fraction of sp³-hybridized carbons (Fsp3) is 0.571. The van der Waals surface area contributed by atoms with E-state index in [0.29, 0.717) is 19.3 Å². The Hall–Kier alpha value is -1.69. The van der Waals surface area contributed by atoms with Crippen LogP contribution in [-0.4, -0.2) is 51.2 Å². The van der Waals surface area contributed by atoms with Crippen LogP contribution in [0, 0.1) is 5.92 Å². The van der Waals surface area contributed by atoms with Crippen molar-refractivity contribution in [3.63, 3.8) is 0 Å². The van der Waals surface area contributed by atoms with Crippen molar-refractivity contribution in [2.75, 3.05) is 19.8 Å². The largest absolute Gasteiger partial charge is 0.390 e. The monoisotopic (exact) mass is 355 g/mol. The Bertz CT molecular complexity index is 741. The van der Waals surface area contributed by atoms with E-state index in [-0.39, 0.29) is 5.92 Å². The number of aliphatic hydroxyl groups is 1. The summed E-state index contributed by atoms with van der Waals surface area (Å²) in [6, 6.07) is 10.8. The van der Waals surface area contributed by atoms with Crippen LogP contribution in [0.4, 0.5) is 0 Å². The van der Waals surface area contributed by atoms with Crippen molar-refractivity contribution < 1.29 is 9.84 Å². The zero-order valence-corrected chi connectivity index (χ0v) is 15.8. The van der Waals surface area contributed by atoms with Crippen LogP contribution in [0.15, 0.2) is 36.5 Å². The molecular formula is C21H29N3O2. The first kappa shape index (κ1) is 17.7. The van der Waals surface area contributed by atoms with E-state index in [9.17, 15) is 5.11 Å². The molecular weight excluding hydrogens is 326 g/mol. The lowest BCUT2D eigenvalue weighted by Gasteiger charge is -2.43. The summed E-state index contributed by atoms with van der Waals surface area (Å²) in [5.41, 5.74) is 2.84. The predicted molar refractivity (Wildman–Crippen MR) is 102 cm³/mol. The van der Waals surface area contributed by atoms with Gasteiger partial charge in [-0.15, -0.1) is 0 Å². The summed E-state index contributed by atoms with van der Waals surface area (Å²) >= 11 is 0. The first-order chi connectivity index (χ1) is 12.5. The number of hydrogen-bond acceptors (Lipinski definition) is 4. The molecule has 0 amide bonds. The van der Waals surface area contributed by atoms with Gasteiger partial charge in [-0.2, -0.15) is 5.10 Å². The summed E-state index contributed by atoms with van der Waals surface area (Å²) in [6.07, 6.45) is 5.17. The van der Waals surface area contributed by atoms with E-state index in [1.807, 2.05) is 24.7 Å². The summed E-state index contributed by atoms with van der Waals surface area (Å²) < 4.78 is 7.63. The average Bonchev–Trinajstić information content (AvgIpc) is 3.22. The van der Waals surface area contributed by atoms with Gasteiger partial charge in [0.25, 0.3) is 0 Å². The van der Waals surface area contributed by atoms with Gasteiger partial charge in [0, 0.05) is 49.5 Å². The van der Waals surface area contributed by atoms with Crippen LogP contribution in [-0.2, 0) is 18.3 Å². The second-order valence-electron chi connectivity index (χ2n) is 8.01. The summed E-state index contributed by atoms with van der Waals surface area (Å²) in [6.45, 7) is 5.25. The highest BCUT2D eigenvalue weighted by Crippen LogP contribution is 2.37. The third-order valence-corrected chi connectivity index (χ3v) is 6.05. The number of aryl methyl sites for hydroxylation is 1.